The molecule has 5 nitrogen and oxygen atoms in total. The van der Waals surface area contributed by atoms with E-state index in [-0.39, 0.29) is 5.57 Å². The van der Waals surface area contributed by atoms with Gasteiger partial charge < -0.3 is 14.8 Å². The summed E-state index contributed by atoms with van der Waals surface area (Å²) >= 11 is 3.39. The molecule has 6 heteroatoms. The molecule has 0 atom stereocenters. The number of benzene rings is 2. The number of nitrogens with one attached hydrogen (secondary N) is 1. The lowest BCUT2D eigenvalue weighted by Gasteiger charge is -2.10. The second-order valence-corrected chi connectivity index (χ2v) is 6.08. The molecule has 2 aromatic rings. The first-order chi connectivity index (χ1) is 12.0. The maximum absolute atomic E-state index is 12.4. The summed E-state index contributed by atoms with van der Waals surface area (Å²) in [6, 6.07) is 12.7. The second kappa shape index (κ2) is 8.36. The van der Waals surface area contributed by atoms with Crippen molar-refractivity contribution >= 4 is 33.6 Å². The molecule has 2 rings (SSSR count). The number of carbonyl (C=O) groups is 1. The van der Waals surface area contributed by atoms with Crippen LogP contribution in [0.1, 0.15) is 11.1 Å². The highest BCUT2D eigenvalue weighted by molar-refractivity contribution is 9.10. The number of hydrogen-bond acceptors (Lipinski definition) is 4. The summed E-state index contributed by atoms with van der Waals surface area (Å²) in [5.41, 5.74) is 2.21. The van der Waals surface area contributed by atoms with Gasteiger partial charge in [0.2, 0.25) is 0 Å². The number of nitriles is 1. The first-order valence-corrected chi connectivity index (χ1v) is 8.19. The number of hydrogen-bond donors (Lipinski definition) is 1. The van der Waals surface area contributed by atoms with E-state index in [0.29, 0.717) is 27.2 Å². The smallest absolute Gasteiger partial charge is 0.266 e. The van der Waals surface area contributed by atoms with Crippen LogP contribution in [0.25, 0.3) is 6.08 Å². The predicted molar refractivity (Wildman–Crippen MR) is 101 cm³/mol. The third kappa shape index (κ3) is 4.61. The van der Waals surface area contributed by atoms with Crippen LogP contribution in [0.4, 0.5) is 5.69 Å². The van der Waals surface area contributed by atoms with Crippen molar-refractivity contribution < 1.29 is 14.3 Å². The molecule has 1 amide bonds. The Labute approximate surface area is 155 Å². The quantitative estimate of drug-likeness (QED) is 0.599. The molecule has 1 N–H and O–H groups in total. The molecule has 0 bridgehead atoms. The topological polar surface area (TPSA) is 71.3 Å². The molecule has 0 radical (unpaired) electrons. The van der Waals surface area contributed by atoms with Gasteiger partial charge in [-0.05, 0) is 52.7 Å². The number of carbonyl (C=O) groups excluding carboxylic acids is 1. The van der Waals surface area contributed by atoms with Crippen molar-refractivity contribution in [3.05, 3.63) is 57.6 Å². The van der Waals surface area contributed by atoms with Crippen molar-refractivity contribution in [2.45, 2.75) is 6.92 Å². The van der Waals surface area contributed by atoms with Crippen LogP contribution in [-0.2, 0) is 4.79 Å². The molecule has 0 aliphatic carbocycles. The minimum absolute atomic E-state index is 0.0307. The van der Waals surface area contributed by atoms with E-state index in [0.717, 1.165) is 5.56 Å². The zero-order valence-electron chi connectivity index (χ0n) is 14.1. The summed E-state index contributed by atoms with van der Waals surface area (Å²) in [6.07, 6.45) is 1.48. The normalized spacial score (nSPS) is 10.8. The number of nitrogens with zero attached hydrogens (tertiary/aromatic N) is 1. The minimum Gasteiger partial charge on any atom is -0.496 e. The third-order valence-electron chi connectivity index (χ3n) is 3.45. The SMILES string of the molecule is COc1cc(OC)c(/C=C(/C#N)C(=O)Nc2cccc(C)c2)cc1Br. The third-order valence-corrected chi connectivity index (χ3v) is 4.06. The lowest BCUT2D eigenvalue weighted by molar-refractivity contribution is -0.112. The van der Waals surface area contributed by atoms with Gasteiger partial charge in [-0.2, -0.15) is 5.26 Å². The number of methoxy groups -OCH3 is 2. The van der Waals surface area contributed by atoms with Gasteiger partial charge >= 0.3 is 0 Å². The van der Waals surface area contributed by atoms with Gasteiger partial charge in [0, 0.05) is 17.3 Å². The van der Waals surface area contributed by atoms with Crippen molar-refractivity contribution in [2.75, 3.05) is 19.5 Å². The number of halogens is 1. The summed E-state index contributed by atoms with van der Waals surface area (Å²) in [6.45, 7) is 1.93. The van der Waals surface area contributed by atoms with Gasteiger partial charge in [0.1, 0.15) is 23.1 Å². The van der Waals surface area contributed by atoms with Crippen LogP contribution < -0.4 is 14.8 Å². The van der Waals surface area contributed by atoms with Crippen molar-refractivity contribution in [1.29, 1.82) is 5.26 Å². The average Bonchev–Trinajstić information content (AvgIpc) is 2.59. The zero-order valence-corrected chi connectivity index (χ0v) is 15.7. The summed E-state index contributed by atoms with van der Waals surface area (Å²) < 4.78 is 11.2. The van der Waals surface area contributed by atoms with E-state index in [9.17, 15) is 10.1 Å². The summed E-state index contributed by atoms with van der Waals surface area (Å²) in [5.74, 6) is 0.606. The van der Waals surface area contributed by atoms with E-state index in [4.69, 9.17) is 9.47 Å². The molecular formula is C19H17BrN2O3. The van der Waals surface area contributed by atoms with Crippen molar-refractivity contribution in [3.63, 3.8) is 0 Å². The molecule has 0 unspecified atom stereocenters. The first-order valence-electron chi connectivity index (χ1n) is 7.39. The summed E-state index contributed by atoms with van der Waals surface area (Å²) in [4.78, 5) is 12.4. The lowest BCUT2D eigenvalue weighted by Crippen LogP contribution is -2.13. The second-order valence-electron chi connectivity index (χ2n) is 5.22. The van der Waals surface area contributed by atoms with E-state index in [2.05, 4.69) is 21.2 Å². The molecule has 0 spiro atoms. The van der Waals surface area contributed by atoms with E-state index in [1.807, 2.05) is 31.2 Å². The number of anilines is 1. The Bertz CT molecular complexity index is 869. The van der Waals surface area contributed by atoms with Crippen LogP contribution in [0.2, 0.25) is 0 Å². The molecule has 2 aromatic carbocycles. The molecule has 0 saturated carbocycles. The van der Waals surface area contributed by atoms with E-state index >= 15 is 0 Å². The Hall–Kier alpha value is -2.78. The van der Waals surface area contributed by atoms with Gasteiger partial charge in [-0.15, -0.1) is 0 Å². The standard InChI is InChI=1S/C19H17BrN2O3/c1-12-5-4-6-15(7-12)22-19(23)14(11-21)8-13-9-16(20)18(25-3)10-17(13)24-2/h4-10H,1-3H3,(H,22,23)/b14-8-. The maximum atomic E-state index is 12.4. The summed E-state index contributed by atoms with van der Waals surface area (Å²) in [7, 11) is 3.06. The van der Waals surface area contributed by atoms with E-state index in [1.54, 1.807) is 25.3 Å². The molecule has 0 aliphatic rings. The molecule has 0 heterocycles. The molecule has 0 aliphatic heterocycles. The minimum atomic E-state index is -0.484. The predicted octanol–water partition coefficient (Wildman–Crippen LogP) is 4.32. The Morgan fingerprint density at radius 1 is 1.20 bits per heavy atom. The van der Waals surface area contributed by atoms with Gasteiger partial charge in [-0.1, -0.05) is 12.1 Å². The van der Waals surface area contributed by atoms with Crippen molar-refractivity contribution in [3.8, 4) is 17.6 Å². The largest absolute Gasteiger partial charge is 0.496 e. The maximum Gasteiger partial charge on any atom is 0.266 e. The van der Waals surface area contributed by atoms with Crippen molar-refractivity contribution in [1.82, 2.24) is 0 Å². The fourth-order valence-electron chi connectivity index (χ4n) is 2.22. The average molecular weight is 401 g/mol. The van der Waals surface area contributed by atoms with Crippen LogP contribution in [0.3, 0.4) is 0 Å². The van der Waals surface area contributed by atoms with E-state index in [1.165, 1.54) is 13.2 Å². The van der Waals surface area contributed by atoms with Gasteiger partial charge in [0.05, 0.1) is 18.7 Å². The number of ether oxygens (including phenoxy) is 2. The lowest BCUT2D eigenvalue weighted by atomic mass is 10.1. The fourth-order valence-corrected chi connectivity index (χ4v) is 2.74. The van der Waals surface area contributed by atoms with Crippen molar-refractivity contribution in [2.24, 2.45) is 0 Å². The fraction of sp³-hybridized carbons (Fsp3) is 0.158. The molecule has 25 heavy (non-hydrogen) atoms. The first kappa shape index (κ1) is 18.6. The van der Waals surface area contributed by atoms with Crippen LogP contribution in [0.15, 0.2) is 46.4 Å². The van der Waals surface area contributed by atoms with Crippen LogP contribution in [0.5, 0.6) is 11.5 Å². The Balaban J connectivity index is 2.35. The number of aryl methyl sites for hydroxylation is 1. The Morgan fingerprint density at radius 3 is 2.52 bits per heavy atom. The van der Waals surface area contributed by atoms with Crippen LogP contribution in [-0.4, -0.2) is 20.1 Å². The van der Waals surface area contributed by atoms with Gasteiger partial charge in [-0.25, -0.2) is 0 Å². The van der Waals surface area contributed by atoms with Gasteiger partial charge in [-0.3, -0.25) is 4.79 Å². The Morgan fingerprint density at radius 2 is 1.92 bits per heavy atom. The number of amides is 1. The molecule has 0 aromatic heterocycles. The molecule has 0 saturated heterocycles. The van der Waals surface area contributed by atoms with Crippen LogP contribution in [0, 0.1) is 18.3 Å². The monoisotopic (exact) mass is 400 g/mol. The highest BCUT2D eigenvalue weighted by atomic mass is 79.9. The van der Waals surface area contributed by atoms with Gasteiger partial charge in [0.25, 0.3) is 5.91 Å². The highest BCUT2D eigenvalue weighted by Gasteiger charge is 2.13. The zero-order chi connectivity index (χ0) is 18.4. The number of rotatable bonds is 5. The molecule has 0 fully saturated rings. The van der Waals surface area contributed by atoms with E-state index < -0.39 is 5.91 Å². The van der Waals surface area contributed by atoms with Crippen LogP contribution >= 0.6 is 15.9 Å². The Kier molecular flexibility index (Phi) is 6.20. The highest BCUT2D eigenvalue weighted by Crippen LogP contribution is 2.34. The van der Waals surface area contributed by atoms with Gasteiger partial charge in [0.15, 0.2) is 0 Å². The molecular weight excluding hydrogens is 384 g/mol. The summed E-state index contributed by atoms with van der Waals surface area (Å²) in [5, 5.41) is 12.1. The molecule has 128 valence electrons.